The second-order valence-corrected chi connectivity index (χ2v) is 8.79. The molecule has 10 heteroatoms. The highest BCUT2D eigenvalue weighted by Gasteiger charge is 2.20. The molecule has 0 fully saturated rings. The minimum absolute atomic E-state index is 0.261. The third kappa shape index (κ3) is 4.85. The lowest BCUT2D eigenvalue weighted by Gasteiger charge is -2.10. The molecule has 0 spiro atoms. The number of benzene rings is 3. The standard InChI is InChI=1S/C30H19F3N6O/c31-19-7-4-9-21(17-19)36-30-34-14-13-24(37-30)27-25-12-1-2-15-39(25)38-28(27)18-6-3-8-20(16-18)35-29(40)26-22(32)10-5-11-23(26)33/h1-17H,(H,35,40)(H,34,36,37). The van der Waals surface area contributed by atoms with Crippen molar-refractivity contribution in [3.63, 3.8) is 0 Å². The smallest absolute Gasteiger partial charge is 0.261 e. The zero-order valence-electron chi connectivity index (χ0n) is 20.6. The molecule has 0 saturated heterocycles. The zero-order valence-corrected chi connectivity index (χ0v) is 20.6. The molecule has 0 aliphatic carbocycles. The summed E-state index contributed by atoms with van der Waals surface area (Å²) in [7, 11) is 0. The fourth-order valence-electron chi connectivity index (χ4n) is 4.36. The lowest BCUT2D eigenvalue weighted by Crippen LogP contribution is -2.15. The van der Waals surface area contributed by atoms with E-state index in [2.05, 4.69) is 20.6 Å². The van der Waals surface area contributed by atoms with Crippen LogP contribution in [0.1, 0.15) is 10.4 Å². The van der Waals surface area contributed by atoms with Crippen LogP contribution in [0.5, 0.6) is 0 Å². The summed E-state index contributed by atoms with van der Waals surface area (Å²) in [6.45, 7) is 0. The van der Waals surface area contributed by atoms with Gasteiger partial charge in [0.15, 0.2) is 0 Å². The summed E-state index contributed by atoms with van der Waals surface area (Å²) in [5.41, 5.74) is 3.33. The minimum atomic E-state index is -0.956. The van der Waals surface area contributed by atoms with Gasteiger partial charge in [0.1, 0.15) is 28.7 Å². The lowest BCUT2D eigenvalue weighted by molar-refractivity contribution is 0.101. The number of nitrogens with zero attached hydrogens (tertiary/aromatic N) is 4. The molecular weight excluding hydrogens is 517 g/mol. The number of rotatable bonds is 6. The monoisotopic (exact) mass is 536 g/mol. The Balaban J connectivity index is 1.39. The lowest BCUT2D eigenvalue weighted by atomic mass is 10.0. The molecule has 0 saturated carbocycles. The summed E-state index contributed by atoms with van der Waals surface area (Å²) in [5.74, 6) is -2.95. The first-order valence-electron chi connectivity index (χ1n) is 12.2. The number of pyridine rings is 1. The van der Waals surface area contributed by atoms with Crippen molar-refractivity contribution in [3.8, 4) is 22.5 Å². The molecule has 40 heavy (non-hydrogen) atoms. The molecule has 0 aliphatic heterocycles. The molecule has 0 bridgehead atoms. The average Bonchev–Trinajstić information content (AvgIpc) is 3.33. The van der Waals surface area contributed by atoms with Gasteiger partial charge in [0.05, 0.1) is 16.8 Å². The Bertz CT molecular complexity index is 1870. The molecule has 0 aliphatic rings. The molecule has 0 unspecified atom stereocenters. The number of halogens is 3. The third-order valence-corrected chi connectivity index (χ3v) is 6.12. The van der Waals surface area contributed by atoms with Gasteiger partial charge >= 0.3 is 0 Å². The van der Waals surface area contributed by atoms with Crippen LogP contribution in [-0.2, 0) is 0 Å². The molecule has 6 aromatic rings. The van der Waals surface area contributed by atoms with E-state index in [1.165, 1.54) is 18.2 Å². The van der Waals surface area contributed by atoms with Crippen molar-refractivity contribution in [1.82, 2.24) is 19.6 Å². The van der Waals surface area contributed by atoms with Gasteiger partial charge in [-0.1, -0.05) is 30.3 Å². The summed E-state index contributed by atoms with van der Waals surface area (Å²) in [5, 5.41) is 10.3. The quantitative estimate of drug-likeness (QED) is 0.243. The SMILES string of the molecule is O=C(Nc1cccc(-c2nn3ccccc3c2-c2ccnc(Nc3cccc(F)c3)n2)c1)c1c(F)cccc1F. The van der Waals surface area contributed by atoms with Gasteiger partial charge in [0.25, 0.3) is 5.91 Å². The molecule has 3 aromatic carbocycles. The molecule has 6 rings (SSSR count). The molecule has 2 N–H and O–H groups in total. The predicted octanol–water partition coefficient (Wildman–Crippen LogP) is 6.87. The molecule has 3 heterocycles. The summed E-state index contributed by atoms with van der Waals surface area (Å²) in [6, 6.07) is 23.3. The van der Waals surface area contributed by atoms with Crippen LogP contribution in [0, 0.1) is 17.5 Å². The first-order valence-corrected chi connectivity index (χ1v) is 12.2. The predicted molar refractivity (Wildman–Crippen MR) is 146 cm³/mol. The van der Waals surface area contributed by atoms with E-state index >= 15 is 0 Å². The molecule has 0 radical (unpaired) electrons. The van der Waals surface area contributed by atoms with Gasteiger partial charge in [0, 0.05) is 29.3 Å². The highest BCUT2D eigenvalue weighted by molar-refractivity contribution is 6.05. The Labute approximate surface area is 226 Å². The zero-order chi connectivity index (χ0) is 27.6. The van der Waals surface area contributed by atoms with E-state index < -0.39 is 28.9 Å². The van der Waals surface area contributed by atoms with Gasteiger partial charge in [-0.15, -0.1) is 0 Å². The van der Waals surface area contributed by atoms with Gasteiger partial charge in [0.2, 0.25) is 5.95 Å². The van der Waals surface area contributed by atoms with Crippen molar-refractivity contribution < 1.29 is 18.0 Å². The number of carbonyl (C=O) groups excluding carboxylic acids is 1. The van der Waals surface area contributed by atoms with Crippen molar-refractivity contribution in [2.45, 2.75) is 0 Å². The Morgan fingerprint density at radius 1 is 0.800 bits per heavy atom. The van der Waals surface area contributed by atoms with Gasteiger partial charge < -0.3 is 10.6 Å². The van der Waals surface area contributed by atoms with Crippen LogP contribution >= 0.6 is 0 Å². The van der Waals surface area contributed by atoms with E-state index in [4.69, 9.17) is 5.10 Å². The van der Waals surface area contributed by atoms with Crippen molar-refractivity contribution >= 4 is 28.7 Å². The number of anilines is 3. The molecule has 7 nitrogen and oxygen atoms in total. The molecule has 1 amide bonds. The Morgan fingerprint density at radius 2 is 1.57 bits per heavy atom. The van der Waals surface area contributed by atoms with Crippen molar-refractivity contribution in [2.24, 2.45) is 0 Å². The maximum atomic E-state index is 14.1. The number of amides is 1. The molecule has 3 aromatic heterocycles. The fraction of sp³-hybridized carbons (Fsp3) is 0. The van der Waals surface area contributed by atoms with E-state index in [1.807, 2.05) is 18.2 Å². The van der Waals surface area contributed by atoms with Gasteiger partial charge in [-0.3, -0.25) is 4.79 Å². The summed E-state index contributed by atoms with van der Waals surface area (Å²) in [4.78, 5) is 21.6. The van der Waals surface area contributed by atoms with E-state index in [1.54, 1.807) is 59.4 Å². The highest BCUT2D eigenvalue weighted by atomic mass is 19.1. The first-order chi connectivity index (χ1) is 19.5. The number of aromatic nitrogens is 4. The van der Waals surface area contributed by atoms with Gasteiger partial charge in [-0.05, 0) is 60.7 Å². The van der Waals surface area contributed by atoms with E-state index in [0.717, 1.165) is 17.6 Å². The van der Waals surface area contributed by atoms with Crippen molar-refractivity contribution in [3.05, 3.63) is 126 Å². The Kier molecular flexibility index (Phi) is 6.41. The van der Waals surface area contributed by atoms with Crippen molar-refractivity contribution in [1.29, 1.82) is 0 Å². The number of hydrogen-bond acceptors (Lipinski definition) is 5. The van der Waals surface area contributed by atoms with Crippen LogP contribution in [0.3, 0.4) is 0 Å². The fourth-order valence-corrected chi connectivity index (χ4v) is 4.36. The Morgan fingerprint density at radius 3 is 2.40 bits per heavy atom. The number of carbonyl (C=O) groups is 1. The summed E-state index contributed by atoms with van der Waals surface area (Å²) >= 11 is 0. The van der Waals surface area contributed by atoms with Crippen LogP contribution in [-0.4, -0.2) is 25.5 Å². The minimum Gasteiger partial charge on any atom is -0.324 e. The number of nitrogens with one attached hydrogen (secondary N) is 2. The van der Waals surface area contributed by atoms with Gasteiger partial charge in [-0.25, -0.2) is 27.7 Å². The van der Waals surface area contributed by atoms with Crippen molar-refractivity contribution in [2.75, 3.05) is 10.6 Å². The van der Waals surface area contributed by atoms with Gasteiger partial charge in [-0.2, -0.15) is 5.10 Å². The van der Waals surface area contributed by atoms with Crippen LogP contribution < -0.4 is 10.6 Å². The average molecular weight is 537 g/mol. The molecular formula is C30H19F3N6O. The third-order valence-electron chi connectivity index (χ3n) is 6.12. The summed E-state index contributed by atoms with van der Waals surface area (Å²) in [6.07, 6.45) is 3.38. The number of hydrogen-bond donors (Lipinski definition) is 2. The normalized spacial score (nSPS) is 11.0. The van der Waals surface area contributed by atoms with Crippen LogP contribution in [0.15, 0.2) is 103 Å². The Hall–Kier alpha value is -5.51. The molecule has 0 atom stereocenters. The van der Waals surface area contributed by atoms with Crippen LogP contribution in [0.2, 0.25) is 0 Å². The maximum absolute atomic E-state index is 14.1. The number of fused-ring (bicyclic) bond motifs is 1. The highest BCUT2D eigenvalue weighted by Crippen LogP contribution is 2.35. The summed E-state index contributed by atoms with van der Waals surface area (Å²) < 4.78 is 43.7. The topological polar surface area (TPSA) is 84.2 Å². The largest absolute Gasteiger partial charge is 0.324 e. The maximum Gasteiger partial charge on any atom is 0.261 e. The van der Waals surface area contributed by atoms with E-state index in [-0.39, 0.29) is 5.95 Å². The van der Waals surface area contributed by atoms with Crippen LogP contribution in [0.25, 0.3) is 28.0 Å². The second-order valence-electron chi connectivity index (χ2n) is 8.79. The van der Waals surface area contributed by atoms with Crippen LogP contribution in [0.4, 0.5) is 30.5 Å². The van der Waals surface area contributed by atoms with E-state index in [0.29, 0.717) is 33.9 Å². The molecule has 196 valence electrons. The van der Waals surface area contributed by atoms with E-state index in [9.17, 15) is 18.0 Å². The first kappa shape index (κ1) is 24.8. The second kappa shape index (κ2) is 10.3.